The molecule has 0 aliphatic rings. The van der Waals surface area contributed by atoms with Crippen molar-refractivity contribution in [3.8, 4) is 5.75 Å². The van der Waals surface area contributed by atoms with Gasteiger partial charge in [-0.25, -0.2) is 9.97 Å². The van der Waals surface area contributed by atoms with Gasteiger partial charge in [0.2, 0.25) is 5.95 Å². The number of phenols is 1. The van der Waals surface area contributed by atoms with Gasteiger partial charge in [-0.05, 0) is 50.1 Å². The van der Waals surface area contributed by atoms with E-state index in [1.807, 2.05) is 32.9 Å². The van der Waals surface area contributed by atoms with Gasteiger partial charge in [0.1, 0.15) is 10.9 Å². The van der Waals surface area contributed by atoms with Gasteiger partial charge in [0.05, 0.1) is 0 Å². The van der Waals surface area contributed by atoms with Crippen molar-refractivity contribution in [1.29, 1.82) is 0 Å². The minimum Gasteiger partial charge on any atom is -0.507 e. The Morgan fingerprint density at radius 1 is 1.06 bits per heavy atom. The van der Waals surface area contributed by atoms with Gasteiger partial charge in [-0.2, -0.15) is 0 Å². The lowest BCUT2D eigenvalue weighted by Crippen LogP contribution is -1.99. The minimum absolute atomic E-state index is 0.309. The van der Waals surface area contributed by atoms with Crippen LogP contribution in [0.15, 0.2) is 18.2 Å². The smallest absolute Gasteiger partial charge is 0.228 e. The number of aryl methyl sites for hydroxylation is 3. The molecule has 2 aromatic rings. The summed E-state index contributed by atoms with van der Waals surface area (Å²) in [4.78, 5) is 8.33. The van der Waals surface area contributed by atoms with Gasteiger partial charge in [0, 0.05) is 11.4 Å². The van der Waals surface area contributed by atoms with E-state index in [0.29, 0.717) is 16.9 Å². The van der Waals surface area contributed by atoms with Gasteiger partial charge in [-0.1, -0.05) is 11.6 Å². The normalized spacial score (nSPS) is 10.4. The van der Waals surface area contributed by atoms with Crippen LogP contribution in [-0.4, -0.2) is 15.1 Å². The van der Waals surface area contributed by atoms with Gasteiger partial charge in [-0.3, -0.25) is 0 Å². The largest absolute Gasteiger partial charge is 0.507 e. The molecule has 5 heteroatoms. The minimum atomic E-state index is 0.309. The molecule has 18 heavy (non-hydrogen) atoms. The lowest BCUT2D eigenvalue weighted by Gasteiger charge is -2.09. The van der Waals surface area contributed by atoms with E-state index in [1.54, 1.807) is 6.07 Å². The summed E-state index contributed by atoms with van der Waals surface area (Å²) in [6, 6.07) is 5.36. The molecule has 0 aliphatic carbocycles. The van der Waals surface area contributed by atoms with E-state index in [-0.39, 0.29) is 0 Å². The number of aromatic hydroxyl groups is 1. The highest BCUT2D eigenvalue weighted by molar-refractivity contribution is 6.29. The number of anilines is 2. The van der Waals surface area contributed by atoms with Crippen LogP contribution < -0.4 is 5.32 Å². The van der Waals surface area contributed by atoms with Crippen molar-refractivity contribution >= 4 is 23.2 Å². The second kappa shape index (κ2) is 4.82. The fourth-order valence-electron chi connectivity index (χ4n) is 1.74. The third kappa shape index (κ3) is 2.71. The molecule has 1 aromatic heterocycles. The molecule has 0 aliphatic heterocycles. The number of phenolic OH excluding ortho intramolecular Hbond substituents is 1. The summed E-state index contributed by atoms with van der Waals surface area (Å²) in [7, 11) is 0. The summed E-state index contributed by atoms with van der Waals surface area (Å²) in [6.45, 7) is 5.54. The average Bonchev–Trinajstić information content (AvgIpc) is 2.24. The summed E-state index contributed by atoms with van der Waals surface area (Å²) in [5.74, 6) is 0.758. The fraction of sp³-hybridized carbons (Fsp3) is 0.231. The first kappa shape index (κ1) is 12.6. The van der Waals surface area contributed by atoms with Crippen molar-refractivity contribution in [2.24, 2.45) is 0 Å². The van der Waals surface area contributed by atoms with E-state index in [1.165, 1.54) is 0 Å². The molecule has 0 spiro atoms. The van der Waals surface area contributed by atoms with Crippen LogP contribution in [0, 0.1) is 20.8 Å². The molecule has 1 aromatic carbocycles. The van der Waals surface area contributed by atoms with Crippen LogP contribution in [0.2, 0.25) is 5.15 Å². The zero-order valence-electron chi connectivity index (χ0n) is 10.5. The summed E-state index contributed by atoms with van der Waals surface area (Å²) < 4.78 is 0. The highest BCUT2D eigenvalue weighted by Gasteiger charge is 2.05. The maximum absolute atomic E-state index is 9.70. The van der Waals surface area contributed by atoms with Gasteiger partial charge < -0.3 is 10.4 Å². The topological polar surface area (TPSA) is 58.0 Å². The quantitative estimate of drug-likeness (QED) is 0.643. The highest BCUT2D eigenvalue weighted by Crippen LogP contribution is 2.27. The lowest BCUT2D eigenvalue weighted by atomic mass is 10.1. The molecule has 0 atom stereocenters. The average molecular weight is 264 g/mol. The number of nitrogens with one attached hydrogen (secondary N) is 1. The van der Waals surface area contributed by atoms with E-state index in [4.69, 9.17) is 11.6 Å². The Bertz CT molecular complexity index is 556. The Labute approximate surface area is 111 Å². The molecule has 1 heterocycles. The van der Waals surface area contributed by atoms with Crippen molar-refractivity contribution < 1.29 is 5.11 Å². The molecule has 0 radical (unpaired) electrons. The Morgan fingerprint density at radius 3 is 2.22 bits per heavy atom. The number of hydrogen-bond donors (Lipinski definition) is 2. The molecule has 0 amide bonds. The van der Waals surface area contributed by atoms with E-state index >= 15 is 0 Å². The van der Waals surface area contributed by atoms with Crippen molar-refractivity contribution in [3.05, 3.63) is 40.2 Å². The SMILES string of the molecule is Cc1cc(Cl)nc(Nc2cc(C)c(O)c(C)c2)n1. The second-order valence-corrected chi connectivity index (χ2v) is 4.63. The summed E-state index contributed by atoms with van der Waals surface area (Å²) in [5.41, 5.74) is 3.22. The molecule has 0 saturated heterocycles. The Hall–Kier alpha value is -1.81. The molecule has 0 fully saturated rings. The number of hydrogen-bond acceptors (Lipinski definition) is 4. The maximum atomic E-state index is 9.70. The van der Waals surface area contributed by atoms with Gasteiger partial charge in [-0.15, -0.1) is 0 Å². The molecule has 2 N–H and O–H groups in total. The Kier molecular flexibility index (Phi) is 3.39. The number of rotatable bonds is 2. The van der Waals surface area contributed by atoms with Gasteiger partial charge in [0.15, 0.2) is 0 Å². The second-order valence-electron chi connectivity index (χ2n) is 4.24. The zero-order valence-corrected chi connectivity index (χ0v) is 11.2. The predicted octanol–water partition coefficient (Wildman–Crippen LogP) is 3.50. The standard InChI is InChI=1S/C13H14ClN3O/c1-7-4-10(5-8(2)12(7)18)16-13-15-9(3)6-11(14)17-13/h4-6,18H,1-3H3,(H,15,16,17). The first-order valence-electron chi connectivity index (χ1n) is 5.54. The number of halogens is 1. The Balaban J connectivity index is 2.34. The van der Waals surface area contributed by atoms with Crippen LogP contribution in [-0.2, 0) is 0 Å². The molecule has 2 rings (SSSR count). The molecule has 0 unspecified atom stereocenters. The number of nitrogens with zero attached hydrogens (tertiary/aromatic N) is 2. The predicted molar refractivity (Wildman–Crippen MR) is 72.6 cm³/mol. The van der Waals surface area contributed by atoms with E-state index < -0.39 is 0 Å². The summed E-state index contributed by atoms with van der Waals surface area (Å²) >= 11 is 5.87. The summed E-state index contributed by atoms with van der Waals surface area (Å²) in [5, 5.41) is 13.2. The van der Waals surface area contributed by atoms with E-state index in [9.17, 15) is 5.11 Å². The first-order chi connectivity index (χ1) is 8.45. The number of aromatic nitrogens is 2. The molecule has 4 nitrogen and oxygen atoms in total. The molecular weight excluding hydrogens is 250 g/mol. The fourth-order valence-corrected chi connectivity index (χ4v) is 1.98. The molecular formula is C13H14ClN3O. The summed E-state index contributed by atoms with van der Waals surface area (Å²) in [6.07, 6.45) is 0. The third-order valence-electron chi connectivity index (χ3n) is 2.57. The molecule has 0 bridgehead atoms. The van der Waals surface area contributed by atoms with Crippen molar-refractivity contribution in [2.45, 2.75) is 20.8 Å². The van der Waals surface area contributed by atoms with Crippen LogP contribution >= 0.6 is 11.6 Å². The van der Waals surface area contributed by atoms with E-state index in [2.05, 4.69) is 15.3 Å². The lowest BCUT2D eigenvalue weighted by molar-refractivity contribution is 0.467. The first-order valence-corrected chi connectivity index (χ1v) is 5.92. The van der Waals surface area contributed by atoms with Gasteiger partial charge in [0.25, 0.3) is 0 Å². The van der Waals surface area contributed by atoms with Crippen molar-refractivity contribution in [3.63, 3.8) is 0 Å². The van der Waals surface area contributed by atoms with Crippen LogP contribution in [0.3, 0.4) is 0 Å². The van der Waals surface area contributed by atoms with Crippen LogP contribution in [0.25, 0.3) is 0 Å². The monoisotopic (exact) mass is 263 g/mol. The Morgan fingerprint density at radius 2 is 1.67 bits per heavy atom. The highest BCUT2D eigenvalue weighted by atomic mass is 35.5. The van der Waals surface area contributed by atoms with E-state index in [0.717, 1.165) is 22.5 Å². The third-order valence-corrected chi connectivity index (χ3v) is 2.76. The van der Waals surface area contributed by atoms with Crippen LogP contribution in [0.1, 0.15) is 16.8 Å². The zero-order chi connectivity index (χ0) is 13.3. The molecule has 94 valence electrons. The maximum Gasteiger partial charge on any atom is 0.228 e. The van der Waals surface area contributed by atoms with Gasteiger partial charge >= 0.3 is 0 Å². The van der Waals surface area contributed by atoms with Crippen molar-refractivity contribution in [2.75, 3.05) is 5.32 Å². The van der Waals surface area contributed by atoms with Crippen molar-refractivity contribution in [1.82, 2.24) is 9.97 Å². The molecule has 0 saturated carbocycles. The van der Waals surface area contributed by atoms with Crippen LogP contribution in [0.4, 0.5) is 11.6 Å². The van der Waals surface area contributed by atoms with Crippen LogP contribution in [0.5, 0.6) is 5.75 Å². The number of benzene rings is 1.